The van der Waals surface area contributed by atoms with Gasteiger partial charge in [-0.1, -0.05) is 42.6 Å². The summed E-state index contributed by atoms with van der Waals surface area (Å²) >= 11 is 6.13. The summed E-state index contributed by atoms with van der Waals surface area (Å²) in [5, 5.41) is 0.872. The molecule has 0 aliphatic carbocycles. The summed E-state index contributed by atoms with van der Waals surface area (Å²) in [5.41, 5.74) is 1.24. The van der Waals surface area contributed by atoms with Crippen molar-refractivity contribution in [2.45, 2.75) is 51.4 Å². The molecule has 0 unspecified atom stereocenters. The first-order valence-corrected chi connectivity index (χ1v) is 8.16. The molecule has 2 rings (SSSR count). The van der Waals surface area contributed by atoms with Crippen molar-refractivity contribution in [3.63, 3.8) is 0 Å². The number of benzene rings is 1. The Hall–Kier alpha value is -1.02. The standard InChI is InChI=1S/C17H24ClNO/c18-16-11-6-5-10-15(16)9-3-1-2-4-12-17(20)19-13-7-8-14-19/h5-6,10-11H,1-4,7-9,12-14H2. The lowest BCUT2D eigenvalue weighted by Crippen LogP contribution is -2.27. The highest BCUT2D eigenvalue weighted by molar-refractivity contribution is 6.31. The largest absolute Gasteiger partial charge is 0.343 e. The van der Waals surface area contributed by atoms with E-state index in [0.717, 1.165) is 50.2 Å². The first-order valence-electron chi connectivity index (χ1n) is 7.78. The Kier molecular flexibility index (Phi) is 6.38. The number of nitrogens with zero attached hydrogens (tertiary/aromatic N) is 1. The molecule has 3 heteroatoms. The van der Waals surface area contributed by atoms with E-state index in [1.807, 2.05) is 23.1 Å². The van der Waals surface area contributed by atoms with E-state index in [0.29, 0.717) is 5.91 Å². The summed E-state index contributed by atoms with van der Waals surface area (Å²) in [6, 6.07) is 8.05. The molecule has 0 bridgehead atoms. The molecule has 0 spiro atoms. The first-order chi connectivity index (χ1) is 9.77. The van der Waals surface area contributed by atoms with Crippen LogP contribution in [-0.2, 0) is 11.2 Å². The molecule has 20 heavy (non-hydrogen) atoms. The van der Waals surface area contributed by atoms with Gasteiger partial charge >= 0.3 is 0 Å². The molecule has 1 aromatic carbocycles. The zero-order chi connectivity index (χ0) is 14.2. The first kappa shape index (κ1) is 15.4. The summed E-state index contributed by atoms with van der Waals surface area (Å²) in [4.78, 5) is 13.9. The molecule has 0 N–H and O–H groups in total. The molecule has 1 heterocycles. The molecular weight excluding hydrogens is 270 g/mol. The minimum absolute atomic E-state index is 0.355. The average molecular weight is 294 g/mol. The zero-order valence-corrected chi connectivity index (χ0v) is 12.9. The van der Waals surface area contributed by atoms with Crippen LogP contribution in [0.25, 0.3) is 0 Å². The van der Waals surface area contributed by atoms with Gasteiger partial charge in [-0.25, -0.2) is 0 Å². The minimum atomic E-state index is 0.355. The topological polar surface area (TPSA) is 20.3 Å². The zero-order valence-electron chi connectivity index (χ0n) is 12.1. The van der Waals surface area contributed by atoms with E-state index in [9.17, 15) is 4.79 Å². The van der Waals surface area contributed by atoms with Crippen molar-refractivity contribution in [1.82, 2.24) is 4.90 Å². The van der Waals surface area contributed by atoms with Crippen LogP contribution >= 0.6 is 11.6 Å². The van der Waals surface area contributed by atoms with Crippen LogP contribution in [0.1, 0.15) is 50.5 Å². The van der Waals surface area contributed by atoms with Gasteiger partial charge in [0, 0.05) is 24.5 Å². The molecule has 1 aliphatic heterocycles. The Morgan fingerprint density at radius 1 is 1.05 bits per heavy atom. The van der Waals surface area contributed by atoms with Crippen molar-refractivity contribution in [3.05, 3.63) is 34.9 Å². The second kappa shape index (κ2) is 8.31. The quantitative estimate of drug-likeness (QED) is 0.680. The lowest BCUT2D eigenvalue weighted by atomic mass is 10.1. The Morgan fingerprint density at radius 2 is 1.75 bits per heavy atom. The van der Waals surface area contributed by atoms with Gasteiger partial charge in [0.2, 0.25) is 5.91 Å². The Balaban J connectivity index is 1.53. The number of hydrogen-bond donors (Lipinski definition) is 0. The van der Waals surface area contributed by atoms with Gasteiger partial charge in [0.1, 0.15) is 0 Å². The molecule has 0 atom stereocenters. The predicted octanol–water partition coefficient (Wildman–Crippen LogP) is 4.46. The molecule has 1 fully saturated rings. The molecule has 1 saturated heterocycles. The van der Waals surface area contributed by atoms with Gasteiger partial charge in [-0.3, -0.25) is 4.79 Å². The molecule has 2 nitrogen and oxygen atoms in total. The van der Waals surface area contributed by atoms with Crippen LogP contribution in [-0.4, -0.2) is 23.9 Å². The van der Waals surface area contributed by atoms with Crippen molar-refractivity contribution in [1.29, 1.82) is 0 Å². The highest BCUT2D eigenvalue weighted by Gasteiger charge is 2.16. The maximum Gasteiger partial charge on any atom is 0.222 e. The summed E-state index contributed by atoms with van der Waals surface area (Å²) in [6.45, 7) is 1.96. The van der Waals surface area contributed by atoms with E-state index in [2.05, 4.69) is 6.07 Å². The Bertz CT molecular complexity index is 427. The molecule has 1 amide bonds. The van der Waals surface area contributed by atoms with Crippen LogP contribution in [0.4, 0.5) is 0 Å². The maximum absolute atomic E-state index is 11.9. The van der Waals surface area contributed by atoms with Crippen molar-refractivity contribution in [2.75, 3.05) is 13.1 Å². The third-order valence-electron chi connectivity index (χ3n) is 4.00. The van der Waals surface area contributed by atoms with Gasteiger partial charge < -0.3 is 4.90 Å². The van der Waals surface area contributed by atoms with Crippen LogP contribution in [0.3, 0.4) is 0 Å². The van der Waals surface area contributed by atoms with E-state index in [1.54, 1.807) is 0 Å². The molecule has 0 saturated carbocycles. The minimum Gasteiger partial charge on any atom is -0.343 e. The lowest BCUT2D eigenvalue weighted by molar-refractivity contribution is -0.130. The number of halogens is 1. The second-order valence-corrected chi connectivity index (χ2v) is 6.00. The van der Waals surface area contributed by atoms with Gasteiger partial charge in [0.15, 0.2) is 0 Å². The van der Waals surface area contributed by atoms with Crippen LogP contribution in [0.5, 0.6) is 0 Å². The normalized spacial score (nSPS) is 14.8. The van der Waals surface area contributed by atoms with Crippen LogP contribution in [0, 0.1) is 0 Å². The number of carbonyl (C=O) groups is 1. The number of rotatable bonds is 7. The number of carbonyl (C=O) groups excluding carboxylic acids is 1. The highest BCUT2D eigenvalue weighted by atomic mass is 35.5. The van der Waals surface area contributed by atoms with Gasteiger partial charge in [0.05, 0.1) is 0 Å². The summed E-state index contributed by atoms with van der Waals surface area (Å²) in [5.74, 6) is 0.355. The second-order valence-electron chi connectivity index (χ2n) is 5.59. The van der Waals surface area contributed by atoms with Gasteiger partial charge in [-0.05, 0) is 43.7 Å². The van der Waals surface area contributed by atoms with Crippen LogP contribution < -0.4 is 0 Å². The van der Waals surface area contributed by atoms with Crippen molar-refractivity contribution < 1.29 is 4.79 Å². The fraction of sp³-hybridized carbons (Fsp3) is 0.588. The number of amides is 1. The summed E-state index contributed by atoms with van der Waals surface area (Å²) < 4.78 is 0. The van der Waals surface area contributed by atoms with Crippen LogP contribution in [0.15, 0.2) is 24.3 Å². The third-order valence-corrected chi connectivity index (χ3v) is 4.37. The van der Waals surface area contributed by atoms with E-state index in [4.69, 9.17) is 11.6 Å². The van der Waals surface area contributed by atoms with Gasteiger partial charge in [-0.15, -0.1) is 0 Å². The van der Waals surface area contributed by atoms with Gasteiger partial charge in [0.25, 0.3) is 0 Å². The lowest BCUT2D eigenvalue weighted by Gasteiger charge is -2.14. The van der Waals surface area contributed by atoms with Crippen molar-refractivity contribution in [3.8, 4) is 0 Å². The Labute approximate surface area is 127 Å². The molecule has 0 radical (unpaired) electrons. The van der Waals surface area contributed by atoms with Crippen molar-refractivity contribution >= 4 is 17.5 Å². The number of likely N-dealkylation sites (tertiary alicyclic amines) is 1. The predicted molar refractivity (Wildman–Crippen MR) is 84.1 cm³/mol. The summed E-state index contributed by atoms with van der Waals surface area (Å²) in [7, 11) is 0. The van der Waals surface area contributed by atoms with E-state index in [-0.39, 0.29) is 0 Å². The number of aryl methyl sites for hydroxylation is 1. The molecule has 110 valence electrons. The molecule has 1 aliphatic rings. The fourth-order valence-electron chi connectivity index (χ4n) is 2.77. The van der Waals surface area contributed by atoms with Crippen molar-refractivity contribution in [2.24, 2.45) is 0 Å². The van der Waals surface area contributed by atoms with E-state index < -0.39 is 0 Å². The van der Waals surface area contributed by atoms with Crippen LogP contribution in [0.2, 0.25) is 5.02 Å². The smallest absolute Gasteiger partial charge is 0.222 e. The monoisotopic (exact) mass is 293 g/mol. The number of hydrogen-bond acceptors (Lipinski definition) is 1. The fourth-order valence-corrected chi connectivity index (χ4v) is 3.00. The summed E-state index contributed by atoms with van der Waals surface area (Å²) in [6.07, 6.45) is 8.64. The van der Waals surface area contributed by atoms with E-state index >= 15 is 0 Å². The van der Waals surface area contributed by atoms with E-state index in [1.165, 1.54) is 24.8 Å². The molecular formula is C17H24ClNO. The average Bonchev–Trinajstić information content (AvgIpc) is 2.98. The SMILES string of the molecule is O=C(CCCCCCc1ccccc1Cl)N1CCCC1. The Morgan fingerprint density at radius 3 is 2.50 bits per heavy atom. The third kappa shape index (κ3) is 4.82. The number of unbranched alkanes of at least 4 members (excludes halogenated alkanes) is 3. The van der Waals surface area contributed by atoms with Gasteiger partial charge in [-0.2, -0.15) is 0 Å². The molecule has 0 aromatic heterocycles. The maximum atomic E-state index is 11.9. The highest BCUT2D eigenvalue weighted by Crippen LogP contribution is 2.18. The molecule has 1 aromatic rings.